The van der Waals surface area contributed by atoms with Crippen molar-refractivity contribution in [3.8, 4) is 0 Å². The Balaban J connectivity index is 1.92. The molecule has 0 saturated carbocycles. The number of ether oxygens (including phenoxy) is 2. The second kappa shape index (κ2) is 6.90. The highest BCUT2D eigenvalue weighted by Crippen LogP contribution is 2.34. The van der Waals surface area contributed by atoms with Gasteiger partial charge in [0, 0.05) is 18.7 Å². The van der Waals surface area contributed by atoms with E-state index in [0.717, 1.165) is 25.1 Å². The lowest BCUT2D eigenvalue weighted by Gasteiger charge is -2.31. The van der Waals surface area contributed by atoms with Gasteiger partial charge in [-0.15, -0.1) is 0 Å². The number of hydrogen-bond acceptors (Lipinski definition) is 7. The van der Waals surface area contributed by atoms with E-state index in [1.54, 1.807) is 6.92 Å². The van der Waals surface area contributed by atoms with Gasteiger partial charge in [-0.25, -0.2) is 9.59 Å². The molecule has 0 amide bonds. The van der Waals surface area contributed by atoms with Crippen molar-refractivity contribution in [3.05, 3.63) is 23.3 Å². The fourth-order valence-electron chi connectivity index (χ4n) is 3.72. The molecule has 0 bridgehead atoms. The quantitative estimate of drug-likeness (QED) is 0.395. The Labute approximate surface area is 146 Å². The molecule has 0 aromatic rings. The second-order valence-electron chi connectivity index (χ2n) is 7.19. The van der Waals surface area contributed by atoms with Gasteiger partial charge in [0.25, 0.3) is 0 Å². The van der Waals surface area contributed by atoms with Crippen molar-refractivity contribution in [1.82, 2.24) is 4.90 Å². The van der Waals surface area contributed by atoms with Crippen molar-refractivity contribution in [2.45, 2.75) is 44.4 Å². The average molecular weight is 351 g/mol. The molecule has 4 atom stereocenters. The minimum atomic E-state index is -1.73. The van der Waals surface area contributed by atoms with Crippen LogP contribution in [0.4, 0.5) is 0 Å². The Morgan fingerprint density at radius 3 is 2.92 bits per heavy atom. The van der Waals surface area contributed by atoms with Gasteiger partial charge in [0.05, 0.1) is 12.6 Å². The van der Waals surface area contributed by atoms with Crippen molar-refractivity contribution in [2.75, 3.05) is 26.3 Å². The lowest BCUT2D eigenvalue weighted by atomic mass is 9.85. The van der Waals surface area contributed by atoms with Crippen LogP contribution < -0.4 is 0 Å². The maximum Gasteiger partial charge on any atom is 0.338 e. The van der Waals surface area contributed by atoms with E-state index in [-0.39, 0.29) is 37.4 Å². The van der Waals surface area contributed by atoms with Gasteiger partial charge >= 0.3 is 11.9 Å². The SMILES string of the molecule is C[C@@H]1C/C(=C\CO)C(=O)O[C@@H]2CCN3CC=C(COC(=O)[C@]1(C)O)[C@H]23. The first-order chi connectivity index (χ1) is 11.8. The highest BCUT2D eigenvalue weighted by atomic mass is 16.6. The Kier molecular flexibility index (Phi) is 4.99. The smallest absolute Gasteiger partial charge is 0.338 e. The molecule has 0 aromatic heterocycles. The standard InChI is InChI=1S/C18H25NO6/c1-11-9-12(5-8-20)16(21)25-14-4-7-19-6-3-13(15(14)19)10-24-17(22)18(11,2)23/h3,5,11,14-15,20,23H,4,6-10H2,1-2H3/b12-5+/t11-,14-,15-,18-/m1/s1. The lowest BCUT2D eigenvalue weighted by Crippen LogP contribution is -2.45. The third-order valence-corrected chi connectivity index (χ3v) is 5.54. The number of esters is 2. The van der Waals surface area contributed by atoms with E-state index in [2.05, 4.69) is 4.90 Å². The summed E-state index contributed by atoms with van der Waals surface area (Å²) in [6.07, 6.45) is 3.92. The first-order valence-corrected chi connectivity index (χ1v) is 8.68. The average Bonchev–Trinajstić information content (AvgIpc) is 3.14. The van der Waals surface area contributed by atoms with Gasteiger partial charge in [0.1, 0.15) is 12.7 Å². The fourth-order valence-corrected chi connectivity index (χ4v) is 3.72. The molecular weight excluding hydrogens is 326 g/mol. The van der Waals surface area contributed by atoms with E-state index in [9.17, 15) is 19.8 Å². The summed E-state index contributed by atoms with van der Waals surface area (Å²) in [4.78, 5) is 27.2. The second-order valence-corrected chi connectivity index (χ2v) is 7.19. The number of aliphatic hydroxyl groups is 2. The number of carbonyl (C=O) groups excluding carboxylic acids is 2. The minimum absolute atomic E-state index is 0.0890. The molecule has 138 valence electrons. The minimum Gasteiger partial charge on any atom is -0.459 e. The van der Waals surface area contributed by atoms with Crippen molar-refractivity contribution in [3.63, 3.8) is 0 Å². The molecule has 0 spiro atoms. The Morgan fingerprint density at radius 1 is 1.44 bits per heavy atom. The van der Waals surface area contributed by atoms with Crippen LogP contribution in [-0.4, -0.2) is 71.1 Å². The predicted octanol–water partition coefficient (Wildman–Crippen LogP) is 0.165. The molecular formula is C18H25NO6. The maximum atomic E-state index is 12.6. The summed E-state index contributed by atoms with van der Waals surface area (Å²) in [5.41, 5.74) is -0.562. The van der Waals surface area contributed by atoms with E-state index in [1.807, 2.05) is 6.08 Å². The van der Waals surface area contributed by atoms with Gasteiger partial charge in [-0.1, -0.05) is 13.0 Å². The molecule has 2 N–H and O–H groups in total. The third kappa shape index (κ3) is 3.36. The molecule has 2 fully saturated rings. The normalized spacial score (nSPS) is 38.5. The van der Waals surface area contributed by atoms with Gasteiger partial charge < -0.3 is 19.7 Å². The first kappa shape index (κ1) is 18.1. The van der Waals surface area contributed by atoms with Crippen molar-refractivity contribution in [2.24, 2.45) is 5.92 Å². The molecule has 3 heterocycles. The van der Waals surface area contributed by atoms with Gasteiger partial charge in [-0.2, -0.15) is 0 Å². The predicted molar refractivity (Wildman–Crippen MR) is 88.5 cm³/mol. The van der Waals surface area contributed by atoms with E-state index in [0.29, 0.717) is 0 Å². The Morgan fingerprint density at radius 2 is 2.20 bits per heavy atom. The summed E-state index contributed by atoms with van der Waals surface area (Å²) in [7, 11) is 0. The number of hydrogen-bond donors (Lipinski definition) is 2. The van der Waals surface area contributed by atoms with E-state index >= 15 is 0 Å². The van der Waals surface area contributed by atoms with Gasteiger partial charge in [0.2, 0.25) is 0 Å². The zero-order chi connectivity index (χ0) is 18.2. The van der Waals surface area contributed by atoms with Crippen LogP contribution in [0.5, 0.6) is 0 Å². The summed E-state index contributed by atoms with van der Waals surface area (Å²) >= 11 is 0. The number of cyclic esters (lactones) is 1. The summed E-state index contributed by atoms with van der Waals surface area (Å²) in [5.74, 6) is -1.77. The van der Waals surface area contributed by atoms with E-state index in [4.69, 9.17) is 9.47 Å². The fraction of sp³-hybridized carbons (Fsp3) is 0.667. The van der Waals surface area contributed by atoms with Crippen LogP contribution in [-0.2, 0) is 19.1 Å². The molecule has 0 radical (unpaired) electrons. The number of aliphatic hydroxyl groups excluding tert-OH is 1. The van der Waals surface area contributed by atoms with Crippen LogP contribution in [0.25, 0.3) is 0 Å². The van der Waals surface area contributed by atoms with Gasteiger partial charge in [-0.05, 0) is 37.3 Å². The third-order valence-electron chi connectivity index (χ3n) is 5.54. The molecule has 3 rings (SSSR count). The zero-order valence-corrected chi connectivity index (χ0v) is 14.6. The van der Waals surface area contributed by atoms with Crippen LogP contribution in [0.2, 0.25) is 0 Å². The highest BCUT2D eigenvalue weighted by molar-refractivity contribution is 5.89. The number of nitrogens with zero attached hydrogens (tertiary/aromatic N) is 1. The molecule has 7 nitrogen and oxygen atoms in total. The molecule has 3 aliphatic rings. The monoisotopic (exact) mass is 351 g/mol. The number of carbonyl (C=O) groups is 2. The summed E-state index contributed by atoms with van der Waals surface area (Å²) < 4.78 is 11.1. The summed E-state index contributed by atoms with van der Waals surface area (Å²) in [6.45, 7) is 4.38. The zero-order valence-electron chi connectivity index (χ0n) is 14.6. The molecule has 0 unspecified atom stereocenters. The lowest BCUT2D eigenvalue weighted by molar-refractivity contribution is -0.169. The van der Waals surface area contributed by atoms with Gasteiger partial charge in [-0.3, -0.25) is 4.90 Å². The maximum absolute atomic E-state index is 12.6. The molecule has 3 aliphatic heterocycles. The van der Waals surface area contributed by atoms with Crippen LogP contribution in [0.3, 0.4) is 0 Å². The van der Waals surface area contributed by atoms with Crippen LogP contribution >= 0.6 is 0 Å². The van der Waals surface area contributed by atoms with Crippen LogP contribution in [0, 0.1) is 5.92 Å². The largest absolute Gasteiger partial charge is 0.459 e. The van der Waals surface area contributed by atoms with Crippen LogP contribution in [0.15, 0.2) is 23.3 Å². The Hall–Kier alpha value is -1.70. The summed E-state index contributed by atoms with van der Waals surface area (Å²) in [6, 6.07) is -0.0890. The molecule has 25 heavy (non-hydrogen) atoms. The van der Waals surface area contributed by atoms with E-state index < -0.39 is 23.5 Å². The summed E-state index contributed by atoms with van der Waals surface area (Å²) in [5, 5.41) is 19.8. The molecule has 7 heteroatoms. The number of rotatable bonds is 1. The highest BCUT2D eigenvalue weighted by Gasteiger charge is 2.45. The van der Waals surface area contributed by atoms with Crippen molar-refractivity contribution in [1.29, 1.82) is 0 Å². The molecule has 2 saturated heterocycles. The molecule has 0 aliphatic carbocycles. The first-order valence-electron chi connectivity index (χ1n) is 8.68. The van der Waals surface area contributed by atoms with Gasteiger partial charge in [0.15, 0.2) is 5.60 Å². The van der Waals surface area contributed by atoms with E-state index in [1.165, 1.54) is 13.0 Å². The van der Waals surface area contributed by atoms with Crippen molar-refractivity contribution < 1.29 is 29.3 Å². The van der Waals surface area contributed by atoms with Crippen LogP contribution in [0.1, 0.15) is 26.7 Å². The van der Waals surface area contributed by atoms with Crippen molar-refractivity contribution >= 4 is 11.9 Å². The Bertz CT molecular complexity index is 623. The molecule has 0 aromatic carbocycles. The topological polar surface area (TPSA) is 96.3 Å².